The minimum atomic E-state index is -0.308. The first-order valence-electron chi connectivity index (χ1n) is 9.48. The van der Waals surface area contributed by atoms with Crippen LogP contribution >= 0.6 is 23.1 Å². The second kappa shape index (κ2) is 10.3. The zero-order valence-electron chi connectivity index (χ0n) is 16.9. The largest absolute Gasteiger partial charge is 0.355 e. The molecule has 0 saturated heterocycles. The zero-order chi connectivity index (χ0) is 21.5. The van der Waals surface area contributed by atoms with Crippen molar-refractivity contribution in [3.63, 3.8) is 0 Å². The van der Waals surface area contributed by atoms with Crippen molar-refractivity contribution in [2.24, 2.45) is 7.05 Å². The van der Waals surface area contributed by atoms with Gasteiger partial charge in [0.05, 0.1) is 22.9 Å². The summed E-state index contributed by atoms with van der Waals surface area (Å²) in [6.07, 6.45) is 0.801. The van der Waals surface area contributed by atoms with E-state index in [2.05, 4.69) is 10.6 Å². The third-order valence-corrected chi connectivity index (χ3v) is 6.43. The molecule has 0 aliphatic rings. The minimum Gasteiger partial charge on any atom is -0.355 e. The lowest BCUT2D eigenvalue weighted by Gasteiger charge is -2.07. The number of para-hydroxylation sites is 1. The predicted octanol–water partition coefficient (Wildman–Crippen LogP) is 2.58. The van der Waals surface area contributed by atoms with E-state index in [4.69, 9.17) is 0 Å². The molecule has 2 aromatic heterocycles. The molecule has 30 heavy (non-hydrogen) atoms. The lowest BCUT2D eigenvalue weighted by Crippen LogP contribution is -2.28. The quantitative estimate of drug-likeness (QED) is 0.531. The van der Waals surface area contributed by atoms with E-state index in [9.17, 15) is 14.4 Å². The van der Waals surface area contributed by atoms with Crippen LogP contribution in [0.15, 0.2) is 52.6 Å². The number of anilines is 1. The third-order valence-electron chi connectivity index (χ3n) is 4.56. The predicted molar refractivity (Wildman–Crippen MR) is 123 cm³/mol. The SMILES string of the molecule is Cc1c(NC(=O)CSCC(=O)NCCc2cccs2)c(=O)n(-c2ccccc2)n1C. The monoisotopic (exact) mass is 444 g/mol. The minimum absolute atomic E-state index is 0.0947. The lowest BCUT2D eigenvalue weighted by atomic mass is 10.3. The van der Waals surface area contributed by atoms with Gasteiger partial charge in [-0.15, -0.1) is 23.1 Å². The van der Waals surface area contributed by atoms with E-state index < -0.39 is 0 Å². The molecule has 1 aromatic carbocycles. The number of amides is 2. The van der Waals surface area contributed by atoms with E-state index in [1.54, 1.807) is 30.0 Å². The molecule has 0 saturated carbocycles. The van der Waals surface area contributed by atoms with Gasteiger partial charge in [-0.3, -0.25) is 19.1 Å². The van der Waals surface area contributed by atoms with Crippen molar-refractivity contribution in [3.8, 4) is 5.69 Å². The molecule has 0 radical (unpaired) electrons. The number of hydrogen-bond acceptors (Lipinski definition) is 5. The summed E-state index contributed by atoms with van der Waals surface area (Å²) in [5.41, 5.74) is 1.36. The third kappa shape index (κ3) is 5.43. The highest BCUT2D eigenvalue weighted by atomic mass is 32.2. The van der Waals surface area contributed by atoms with Crippen LogP contribution in [0.3, 0.4) is 0 Å². The summed E-state index contributed by atoms with van der Waals surface area (Å²) in [5, 5.41) is 7.56. The van der Waals surface area contributed by atoms with Crippen molar-refractivity contribution < 1.29 is 9.59 Å². The number of thioether (sulfide) groups is 1. The molecule has 7 nitrogen and oxygen atoms in total. The summed E-state index contributed by atoms with van der Waals surface area (Å²) in [6, 6.07) is 13.3. The van der Waals surface area contributed by atoms with Crippen LogP contribution in [-0.2, 0) is 23.1 Å². The average molecular weight is 445 g/mol. The van der Waals surface area contributed by atoms with Gasteiger partial charge in [0.2, 0.25) is 11.8 Å². The fraction of sp³-hybridized carbons (Fsp3) is 0.286. The smallest absolute Gasteiger partial charge is 0.295 e. The van der Waals surface area contributed by atoms with Gasteiger partial charge in [-0.2, -0.15) is 0 Å². The Labute approximate surface area is 183 Å². The average Bonchev–Trinajstić information content (AvgIpc) is 3.32. The van der Waals surface area contributed by atoms with E-state index in [0.29, 0.717) is 12.2 Å². The van der Waals surface area contributed by atoms with E-state index in [1.807, 2.05) is 47.8 Å². The number of rotatable bonds is 9. The molecular formula is C21H24N4O3S2. The number of carbonyl (C=O) groups is 2. The van der Waals surface area contributed by atoms with Crippen LogP contribution in [0.5, 0.6) is 0 Å². The van der Waals surface area contributed by atoms with Gasteiger partial charge in [0.1, 0.15) is 5.69 Å². The second-order valence-corrected chi connectivity index (χ2v) is 8.67. The van der Waals surface area contributed by atoms with Gasteiger partial charge in [-0.05, 0) is 36.9 Å². The number of hydrogen-bond donors (Lipinski definition) is 2. The molecule has 2 N–H and O–H groups in total. The van der Waals surface area contributed by atoms with Gasteiger partial charge in [-0.25, -0.2) is 4.68 Å². The van der Waals surface area contributed by atoms with E-state index in [1.165, 1.54) is 21.3 Å². The molecule has 3 aromatic rings. The number of thiophene rings is 1. The van der Waals surface area contributed by atoms with Gasteiger partial charge < -0.3 is 10.6 Å². The normalized spacial score (nSPS) is 10.7. The molecule has 0 atom stereocenters. The van der Waals surface area contributed by atoms with Crippen molar-refractivity contribution >= 4 is 40.6 Å². The fourth-order valence-corrected chi connectivity index (χ4v) is 4.31. The number of aromatic nitrogens is 2. The van der Waals surface area contributed by atoms with Crippen LogP contribution in [0.4, 0.5) is 5.69 Å². The van der Waals surface area contributed by atoms with Gasteiger partial charge in [-0.1, -0.05) is 24.3 Å². The van der Waals surface area contributed by atoms with Crippen LogP contribution in [-0.4, -0.2) is 39.2 Å². The number of nitrogens with zero attached hydrogens (tertiary/aromatic N) is 2. The van der Waals surface area contributed by atoms with E-state index in [0.717, 1.165) is 12.1 Å². The molecular weight excluding hydrogens is 420 g/mol. The van der Waals surface area contributed by atoms with Gasteiger partial charge in [0.25, 0.3) is 5.56 Å². The van der Waals surface area contributed by atoms with E-state index in [-0.39, 0.29) is 34.6 Å². The van der Waals surface area contributed by atoms with Crippen molar-refractivity contribution in [1.29, 1.82) is 0 Å². The van der Waals surface area contributed by atoms with Crippen molar-refractivity contribution in [2.45, 2.75) is 13.3 Å². The maximum atomic E-state index is 12.8. The van der Waals surface area contributed by atoms with Crippen molar-refractivity contribution in [2.75, 3.05) is 23.4 Å². The topological polar surface area (TPSA) is 85.1 Å². The summed E-state index contributed by atoms with van der Waals surface area (Å²) >= 11 is 2.88. The Kier molecular flexibility index (Phi) is 7.53. The molecule has 9 heteroatoms. The second-order valence-electron chi connectivity index (χ2n) is 6.66. The summed E-state index contributed by atoms with van der Waals surface area (Å²) in [4.78, 5) is 38.2. The molecule has 0 aliphatic heterocycles. The molecule has 0 unspecified atom stereocenters. The molecule has 0 spiro atoms. The highest BCUT2D eigenvalue weighted by Crippen LogP contribution is 2.14. The van der Waals surface area contributed by atoms with Crippen molar-refractivity contribution in [3.05, 3.63) is 68.8 Å². The van der Waals surface area contributed by atoms with Gasteiger partial charge in [0.15, 0.2) is 0 Å². The standard InChI is InChI=1S/C21H24N4O3S2/c1-15-20(21(28)25(24(15)2)16-7-4-3-5-8-16)23-19(27)14-29-13-18(26)22-11-10-17-9-6-12-30-17/h3-9,12H,10-11,13-14H2,1-2H3,(H,22,26)(H,23,27). The molecule has 158 valence electrons. The highest BCUT2D eigenvalue weighted by molar-refractivity contribution is 8.00. The van der Waals surface area contributed by atoms with Crippen LogP contribution < -0.4 is 16.2 Å². The molecule has 0 aliphatic carbocycles. The molecule has 3 rings (SSSR count). The first-order valence-corrected chi connectivity index (χ1v) is 11.5. The van der Waals surface area contributed by atoms with Crippen LogP contribution in [0, 0.1) is 6.92 Å². The van der Waals surface area contributed by atoms with Gasteiger partial charge in [0, 0.05) is 18.5 Å². The summed E-state index contributed by atoms with van der Waals surface area (Å²) in [5.74, 6) is -0.124. The van der Waals surface area contributed by atoms with Crippen LogP contribution in [0.1, 0.15) is 10.6 Å². The highest BCUT2D eigenvalue weighted by Gasteiger charge is 2.18. The Morgan fingerprint density at radius 3 is 2.50 bits per heavy atom. The fourth-order valence-electron chi connectivity index (χ4n) is 2.96. The molecule has 0 bridgehead atoms. The Morgan fingerprint density at radius 1 is 1.07 bits per heavy atom. The number of nitrogens with one attached hydrogen (secondary N) is 2. The van der Waals surface area contributed by atoms with Crippen LogP contribution in [0.2, 0.25) is 0 Å². The molecule has 0 fully saturated rings. The van der Waals surface area contributed by atoms with Crippen molar-refractivity contribution in [1.82, 2.24) is 14.7 Å². The maximum absolute atomic E-state index is 12.8. The first kappa shape index (κ1) is 21.9. The maximum Gasteiger partial charge on any atom is 0.295 e. The Morgan fingerprint density at radius 2 is 1.80 bits per heavy atom. The lowest BCUT2D eigenvalue weighted by molar-refractivity contribution is -0.118. The number of carbonyl (C=O) groups excluding carboxylic acids is 2. The summed E-state index contributed by atoms with van der Waals surface area (Å²) in [7, 11) is 1.77. The van der Waals surface area contributed by atoms with Gasteiger partial charge >= 0.3 is 0 Å². The first-order chi connectivity index (χ1) is 14.5. The summed E-state index contributed by atoms with van der Waals surface area (Å²) in [6.45, 7) is 2.36. The zero-order valence-corrected chi connectivity index (χ0v) is 18.5. The van der Waals surface area contributed by atoms with Crippen LogP contribution in [0.25, 0.3) is 5.69 Å². The molecule has 2 amide bonds. The molecule has 2 heterocycles. The van der Waals surface area contributed by atoms with E-state index >= 15 is 0 Å². The Bertz CT molecular complexity index is 1060. The summed E-state index contributed by atoms with van der Waals surface area (Å²) < 4.78 is 3.22. The Hall–Kier alpha value is -2.78. The number of benzene rings is 1. The Balaban J connectivity index is 1.49.